The number of para-hydroxylation sites is 2. The van der Waals surface area contributed by atoms with Crippen LogP contribution in [0.3, 0.4) is 0 Å². The van der Waals surface area contributed by atoms with E-state index in [-0.39, 0.29) is 0 Å². The molecule has 0 saturated heterocycles. The van der Waals surface area contributed by atoms with Gasteiger partial charge in [-0.15, -0.1) is 11.3 Å². The van der Waals surface area contributed by atoms with Gasteiger partial charge in [0.1, 0.15) is 17.5 Å². The number of hydrogen-bond donors (Lipinski definition) is 0. The molecule has 0 amide bonds. The lowest BCUT2D eigenvalue weighted by Gasteiger charge is -2.08. The van der Waals surface area contributed by atoms with Crippen LogP contribution in [-0.4, -0.2) is 14.5 Å². The van der Waals surface area contributed by atoms with Gasteiger partial charge in [-0.2, -0.15) is 0 Å². The highest BCUT2D eigenvalue weighted by atomic mass is 32.1. The number of fused-ring (bicyclic) bond motifs is 9. The summed E-state index contributed by atoms with van der Waals surface area (Å²) in [4.78, 5) is 9.90. The van der Waals surface area contributed by atoms with Crippen molar-refractivity contribution in [3.8, 4) is 61.5 Å². The van der Waals surface area contributed by atoms with Crippen LogP contribution in [0.4, 0.5) is 0 Å². The van der Waals surface area contributed by atoms with Crippen LogP contribution in [0.1, 0.15) is 0 Å². The fourth-order valence-electron chi connectivity index (χ4n) is 9.52. The molecule has 0 aliphatic rings. The Morgan fingerprint density at radius 1 is 0.397 bits per heavy atom. The molecule has 5 heteroatoms. The van der Waals surface area contributed by atoms with E-state index in [0.29, 0.717) is 0 Å². The maximum absolute atomic E-state index is 6.55. The van der Waals surface area contributed by atoms with Gasteiger partial charge in [0.15, 0.2) is 0 Å². The molecule has 4 aromatic heterocycles. The van der Waals surface area contributed by atoms with E-state index in [4.69, 9.17) is 14.4 Å². The molecule has 294 valence electrons. The summed E-state index contributed by atoms with van der Waals surface area (Å²) >= 11 is 1.75. The van der Waals surface area contributed by atoms with Crippen molar-refractivity contribution in [3.63, 3.8) is 0 Å². The second-order valence-electron chi connectivity index (χ2n) is 16.1. The molecular weight excluding hydrogens is 787 g/mol. The normalized spacial score (nSPS) is 11.8. The highest BCUT2D eigenvalue weighted by Crippen LogP contribution is 2.44. The Kier molecular flexibility index (Phi) is 8.05. The van der Waals surface area contributed by atoms with Gasteiger partial charge in [-0.05, 0) is 111 Å². The summed E-state index contributed by atoms with van der Waals surface area (Å²) in [6.45, 7) is 0. The van der Waals surface area contributed by atoms with E-state index in [1.54, 1.807) is 17.7 Å². The molecule has 0 unspecified atom stereocenters. The van der Waals surface area contributed by atoms with Crippen LogP contribution in [0.5, 0.6) is 0 Å². The third-order valence-corrected chi connectivity index (χ3v) is 13.7. The Morgan fingerprint density at radius 3 is 1.81 bits per heavy atom. The molecule has 4 heterocycles. The first kappa shape index (κ1) is 35.6. The van der Waals surface area contributed by atoms with E-state index in [9.17, 15) is 0 Å². The summed E-state index contributed by atoms with van der Waals surface area (Å²) in [6, 6.07) is 73.9. The first-order valence-electron chi connectivity index (χ1n) is 21.2. The Hall–Kier alpha value is -8.12. The molecule has 0 saturated carbocycles. The van der Waals surface area contributed by atoms with Crippen LogP contribution in [0.15, 0.2) is 217 Å². The summed E-state index contributed by atoms with van der Waals surface area (Å²) in [6.07, 6.45) is 1.71. The van der Waals surface area contributed by atoms with E-state index < -0.39 is 0 Å². The smallest absolute Gasteiger partial charge is 0.136 e. The van der Waals surface area contributed by atoms with Crippen molar-refractivity contribution in [2.45, 2.75) is 0 Å². The van der Waals surface area contributed by atoms with Gasteiger partial charge in [0.05, 0.1) is 26.9 Å². The molecule has 63 heavy (non-hydrogen) atoms. The van der Waals surface area contributed by atoms with Gasteiger partial charge in [-0.1, -0.05) is 140 Å². The van der Waals surface area contributed by atoms with Crippen LogP contribution in [-0.2, 0) is 0 Å². The van der Waals surface area contributed by atoms with Gasteiger partial charge in [0, 0.05) is 42.9 Å². The van der Waals surface area contributed by atoms with Crippen molar-refractivity contribution in [2.24, 2.45) is 0 Å². The van der Waals surface area contributed by atoms with Gasteiger partial charge in [-0.25, -0.2) is 9.97 Å². The average molecular weight is 822 g/mol. The number of thiophene rings is 1. The molecule has 0 radical (unpaired) electrons. The van der Waals surface area contributed by atoms with Crippen molar-refractivity contribution in [1.82, 2.24) is 14.5 Å². The number of benzene rings is 9. The summed E-state index contributed by atoms with van der Waals surface area (Å²) in [5.41, 5.74) is 17.6. The monoisotopic (exact) mass is 821 g/mol. The van der Waals surface area contributed by atoms with Crippen LogP contribution in [0, 0.1) is 0 Å². The van der Waals surface area contributed by atoms with Gasteiger partial charge in [-0.3, -0.25) is 0 Å². The van der Waals surface area contributed by atoms with E-state index in [2.05, 4.69) is 211 Å². The van der Waals surface area contributed by atoms with E-state index >= 15 is 0 Å². The van der Waals surface area contributed by atoms with Gasteiger partial charge in [0.25, 0.3) is 0 Å². The summed E-state index contributed by atoms with van der Waals surface area (Å²) in [5, 5.41) is 5.71. The number of hydrogen-bond acceptors (Lipinski definition) is 4. The van der Waals surface area contributed by atoms with Gasteiger partial charge < -0.3 is 8.98 Å². The first-order valence-corrected chi connectivity index (χ1v) is 22.0. The molecular formula is C58H35N3OS. The standard InChI is InChI=1S/C58H35N3OS/c1-3-11-36(12-4-1)37-21-23-38(24-22-37)39-13-9-14-40(31-39)43-27-30-54-49(34-43)57-58(63-54)56(59-35-60-57)46-18-10-20-53-55(46)48-33-42(26-29-52(48)62-53)41-25-28-51-47(32-41)45-17-7-8-19-50(45)61(51)44-15-5-2-6-16-44/h1-35H. The molecule has 0 spiro atoms. The highest BCUT2D eigenvalue weighted by molar-refractivity contribution is 7.26. The average Bonchev–Trinajstić information content (AvgIpc) is 4.03. The maximum atomic E-state index is 6.55. The zero-order valence-electron chi connectivity index (χ0n) is 33.9. The number of rotatable bonds is 6. The Labute approximate surface area is 366 Å². The Balaban J connectivity index is 0.894. The lowest BCUT2D eigenvalue weighted by Crippen LogP contribution is -1.92. The maximum Gasteiger partial charge on any atom is 0.136 e. The molecule has 4 nitrogen and oxygen atoms in total. The van der Waals surface area contributed by atoms with Crippen molar-refractivity contribution in [1.29, 1.82) is 0 Å². The molecule has 13 aromatic rings. The highest BCUT2D eigenvalue weighted by Gasteiger charge is 2.20. The minimum Gasteiger partial charge on any atom is -0.456 e. The molecule has 0 aliphatic heterocycles. The predicted molar refractivity (Wildman–Crippen MR) is 264 cm³/mol. The molecule has 9 aromatic carbocycles. The predicted octanol–water partition coefficient (Wildman–Crippen LogP) is 16.2. The summed E-state index contributed by atoms with van der Waals surface area (Å²) < 4.78 is 11.1. The molecule has 0 bridgehead atoms. The molecule has 0 aliphatic carbocycles. The summed E-state index contributed by atoms with van der Waals surface area (Å²) in [5.74, 6) is 0. The summed E-state index contributed by atoms with van der Waals surface area (Å²) in [7, 11) is 0. The van der Waals surface area contributed by atoms with E-state index in [1.165, 1.54) is 54.3 Å². The van der Waals surface area contributed by atoms with E-state index in [1.807, 2.05) is 0 Å². The fraction of sp³-hybridized carbons (Fsp3) is 0. The van der Waals surface area contributed by atoms with Crippen LogP contribution in [0.25, 0.3) is 125 Å². The topological polar surface area (TPSA) is 43.9 Å². The second-order valence-corrected chi connectivity index (χ2v) is 17.2. The zero-order chi connectivity index (χ0) is 41.4. The number of aromatic nitrogens is 3. The van der Waals surface area contributed by atoms with E-state index in [0.717, 1.165) is 71.2 Å². The Bertz CT molecular complexity index is 3900. The second kappa shape index (κ2) is 14.2. The largest absolute Gasteiger partial charge is 0.456 e. The quantitative estimate of drug-likeness (QED) is 0.168. The minimum atomic E-state index is 0.839. The lowest BCUT2D eigenvalue weighted by atomic mass is 9.96. The van der Waals surface area contributed by atoms with Gasteiger partial charge in [0.2, 0.25) is 0 Å². The molecule has 0 atom stereocenters. The molecule has 13 rings (SSSR count). The van der Waals surface area contributed by atoms with Crippen LogP contribution >= 0.6 is 11.3 Å². The van der Waals surface area contributed by atoms with Crippen molar-refractivity contribution >= 4 is 75.4 Å². The molecule has 0 fully saturated rings. The third-order valence-electron chi connectivity index (χ3n) is 12.5. The first-order chi connectivity index (χ1) is 31.2. The molecule has 0 N–H and O–H groups in total. The zero-order valence-corrected chi connectivity index (χ0v) is 34.7. The van der Waals surface area contributed by atoms with Gasteiger partial charge >= 0.3 is 0 Å². The Morgan fingerprint density at radius 2 is 0.984 bits per heavy atom. The van der Waals surface area contributed by atoms with Crippen molar-refractivity contribution in [2.75, 3.05) is 0 Å². The number of furan rings is 1. The van der Waals surface area contributed by atoms with Crippen LogP contribution < -0.4 is 0 Å². The van der Waals surface area contributed by atoms with Crippen molar-refractivity contribution < 1.29 is 4.42 Å². The van der Waals surface area contributed by atoms with Crippen LogP contribution in [0.2, 0.25) is 0 Å². The third kappa shape index (κ3) is 5.82. The lowest BCUT2D eigenvalue weighted by molar-refractivity contribution is 0.669. The minimum absolute atomic E-state index is 0.839. The van der Waals surface area contributed by atoms with Crippen molar-refractivity contribution in [3.05, 3.63) is 213 Å². The SMILES string of the molecule is c1ccc(-c2ccc(-c3cccc(-c4ccc5sc6c(-c7cccc8oc9ccc(-c%10ccc%11c(c%10)c%10ccccc%10n%11-c%10ccccc%10)cc9c78)ncnc6c5c4)c3)cc2)cc1. The number of nitrogens with zero attached hydrogens (tertiary/aromatic N) is 3. The fourth-order valence-corrected chi connectivity index (χ4v) is 10.7.